The van der Waals surface area contributed by atoms with Crippen LogP contribution in [0.5, 0.6) is 0 Å². The first kappa shape index (κ1) is 11.6. The standard InChI is InChI=1S/C12H12FNO3/c1-16-6-9-10(12(15)17-2)7-4-3-5-8(13)11(7)14-9/h3-5,14H,6H2,1-2H3. The number of methoxy groups -OCH3 is 2. The quantitative estimate of drug-likeness (QED) is 0.833. The van der Waals surface area contributed by atoms with Crippen molar-refractivity contribution in [3.63, 3.8) is 0 Å². The lowest BCUT2D eigenvalue weighted by molar-refractivity contribution is 0.0598. The summed E-state index contributed by atoms with van der Waals surface area (Å²) < 4.78 is 23.2. The minimum Gasteiger partial charge on any atom is -0.465 e. The van der Waals surface area contributed by atoms with Gasteiger partial charge in [0.2, 0.25) is 0 Å². The zero-order valence-electron chi connectivity index (χ0n) is 9.54. The van der Waals surface area contributed by atoms with Crippen LogP contribution in [0.15, 0.2) is 18.2 Å². The van der Waals surface area contributed by atoms with E-state index in [0.717, 1.165) is 0 Å². The summed E-state index contributed by atoms with van der Waals surface area (Å²) in [4.78, 5) is 14.5. The number of H-pyrrole nitrogens is 1. The molecule has 0 aliphatic carbocycles. The van der Waals surface area contributed by atoms with Gasteiger partial charge < -0.3 is 14.5 Å². The van der Waals surface area contributed by atoms with Gasteiger partial charge >= 0.3 is 5.97 Å². The molecule has 0 aliphatic heterocycles. The largest absolute Gasteiger partial charge is 0.465 e. The van der Waals surface area contributed by atoms with Crippen LogP contribution in [-0.4, -0.2) is 25.2 Å². The maximum atomic E-state index is 13.6. The van der Waals surface area contributed by atoms with Crippen LogP contribution in [0.25, 0.3) is 10.9 Å². The van der Waals surface area contributed by atoms with Crippen LogP contribution < -0.4 is 0 Å². The lowest BCUT2D eigenvalue weighted by atomic mass is 10.1. The molecule has 0 amide bonds. The number of nitrogens with one attached hydrogen (secondary N) is 1. The Morgan fingerprint density at radius 3 is 2.82 bits per heavy atom. The van der Waals surface area contributed by atoms with Crippen molar-refractivity contribution in [2.24, 2.45) is 0 Å². The first-order chi connectivity index (χ1) is 8.19. The molecule has 0 atom stereocenters. The van der Waals surface area contributed by atoms with Gasteiger partial charge in [-0.3, -0.25) is 0 Å². The molecule has 0 radical (unpaired) electrons. The molecule has 0 saturated carbocycles. The van der Waals surface area contributed by atoms with Crippen LogP contribution in [0.3, 0.4) is 0 Å². The molecule has 1 N–H and O–H groups in total. The molecule has 17 heavy (non-hydrogen) atoms. The van der Waals surface area contributed by atoms with E-state index in [9.17, 15) is 9.18 Å². The van der Waals surface area contributed by atoms with Crippen molar-refractivity contribution in [1.29, 1.82) is 0 Å². The summed E-state index contributed by atoms with van der Waals surface area (Å²) in [6.45, 7) is 0.193. The van der Waals surface area contributed by atoms with Crippen molar-refractivity contribution in [3.05, 3.63) is 35.3 Å². The van der Waals surface area contributed by atoms with Crippen molar-refractivity contribution in [2.45, 2.75) is 6.61 Å². The van der Waals surface area contributed by atoms with Gasteiger partial charge in [-0.05, 0) is 6.07 Å². The number of benzene rings is 1. The van der Waals surface area contributed by atoms with Gasteiger partial charge in [0, 0.05) is 12.5 Å². The predicted molar refractivity (Wildman–Crippen MR) is 60.3 cm³/mol. The number of para-hydroxylation sites is 1. The number of rotatable bonds is 3. The first-order valence-electron chi connectivity index (χ1n) is 5.05. The van der Waals surface area contributed by atoms with E-state index in [1.807, 2.05) is 0 Å². The first-order valence-corrected chi connectivity index (χ1v) is 5.05. The molecule has 0 fully saturated rings. The topological polar surface area (TPSA) is 51.3 Å². The van der Waals surface area contributed by atoms with Crippen LogP contribution in [0.2, 0.25) is 0 Å². The molecule has 90 valence electrons. The Balaban J connectivity index is 2.71. The van der Waals surface area contributed by atoms with E-state index in [2.05, 4.69) is 4.98 Å². The minimum absolute atomic E-state index is 0.193. The number of aromatic nitrogens is 1. The normalized spacial score (nSPS) is 10.8. The van der Waals surface area contributed by atoms with Crippen LogP contribution in [-0.2, 0) is 16.1 Å². The van der Waals surface area contributed by atoms with Crippen LogP contribution in [0, 0.1) is 5.82 Å². The Bertz CT molecular complexity index is 562. The van der Waals surface area contributed by atoms with Gasteiger partial charge in [0.1, 0.15) is 5.82 Å². The Morgan fingerprint density at radius 1 is 1.41 bits per heavy atom. The van der Waals surface area contributed by atoms with Gasteiger partial charge in [0.25, 0.3) is 0 Å². The van der Waals surface area contributed by atoms with Gasteiger partial charge in [0.05, 0.1) is 30.5 Å². The third-order valence-corrected chi connectivity index (χ3v) is 2.54. The molecule has 0 saturated heterocycles. The summed E-state index contributed by atoms with van der Waals surface area (Å²) in [5.41, 5.74) is 1.13. The van der Waals surface area contributed by atoms with E-state index in [-0.39, 0.29) is 6.61 Å². The number of halogens is 1. The number of fused-ring (bicyclic) bond motifs is 1. The average Bonchev–Trinajstić information content (AvgIpc) is 2.68. The number of ether oxygens (including phenoxy) is 2. The molecule has 0 aliphatic rings. The maximum Gasteiger partial charge on any atom is 0.340 e. The van der Waals surface area contributed by atoms with E-state index in [0.29, 0.717) is 22.2 Å². The zero-order valence-corrected chi connectivity index (χ0v) is 9.54. The number of aromatic amines is 1. The van der Waals surface area contributed by atoms with Crippen LogP contribution in [0.4, 0.5) is 4.39 Å². The van der Waals surface area contributed by atoms with Crippen LogP contribution in [0.1, 0.15) is 16.1 Å². The molecular weight excluding hydrogens is 225 g/mol. The third kappa shape index (κ3) is 1.89. The lowest BCUT2D eigenvalue weighted by Crippen LogP contribution is -2.04. The number of esters is 1. The van der Waals surface area contributed by atoms with Crippen molar-refractivity contribution in [2.75, 3.05) is 14.2 Å². The molecule has 5 heteroatoms. The second kappa shape index (κ2) is 4.55. The highest BCUT2D eigenvalue weighted by Gasteiger charge is 2.20. The fraction of sp³-hybridized carbons (Fsp3) is 0.250. The number of hydrogen-bond acceptors (Lipinski definition) is 3. The average molecular weight is 237 g/mol. The highest BCUT2D eigenvalue weighted by Crippen LogP contribution is 2.25. The van der Waals surface area contributed by atoms with Gasteiger partial charge in [-0.25, -0.2) is 9.18 Å². The molecule has 2 rings (SSSR count). The maximum absolute atomic E-state index is 13.6. The molecule has 1 aromatic carbocycles. The van der Waals surface area contributed by atoms with Crippen molar-refractivity contribution in [3.8, 4) is 0 Å². The third-order valence-electron chi connectivity index (χ3n) is 2.54. The number of carbonyl (C=O) groups is 1. The number of carbonyl (C=O) groups excluding carboxylic acids is 1. The summed E-state index contributed by atoms with van der Waals surface area (Å²) >= 11 is 0. The summed E-state index contributed by atoms with van der Waals surface area (Å²) in [6.07, 6.45) is 0. The summed E-state index contributed by atoms with van der Waals surface area (Å²) in [7, 11) is 2.79. The zero-order chi connectivity index (χ0) is 12.4. The smallest absolute Gasteiger partial charge is 0.340 e. The molecule has 2 aromatic rings. The summed E-state index contributed by atoms with van der Waals surface area (Å²) in [6, 6.07) is 4.55. The van der Waals surface area contributed by atoms with E-state index in [4.69, 9.17) is 9.47 Å². The highest BCUT2D eigenvalue weighted by molar-refractivity contribution is 6.05. The van der Waals surface area contributed by atoms with E-state index in [1.165, 1.54) is 20.3 Å². The highest BCUT2D eigenvalue weighted by atomic mass is 19.1. The molecule has 4 nitrogen and oxygen atoms in total. The monoisotopic (exact) mass is 237 g/mol. The summed E-state index contributed by atoms with van der Waals surface area (Å²) in [5.74, 6) is -0.913. The Labute approximate surface area is 97.3 Å². The Kier molecular flexibility index (Phi) is 3.10. The van der Waals surface area contributed by atoms with Crippen molar-refractivity contribution >= 4 is 16.9 Å². The molecule has 1 heterocycles. The van der Waals surface area contributed by atoms with Crippen LogP contribution >= 0.6 is 0 Å². The molecule has 1 aromatic heterocycles. The molecule has 0 spiro atoms. The predicted octanol–water partition coefficient (Wildman–Crippen LogP) is 2.24. The Morgan fingerprint density at radius 2 is 2.18 bits per heavy atom. The fourth-order valence-electron chi connectivity index (χ4n) is 1.82. The Hall–Kier alpha value is -1.88. The van der Waals surface area contributed by atoms with E-state index < -0.39 is 11.8 Å². The van der Waals surface area contributed by atoms with Gasteiger partial charge in [-0.2, -0.15) is 0 Å². The SMILES string of the molecule is COCc1[nH]c2c(F)cccc2c1C(=O)OC. The molecule has 0 bridgehead atoms. The minimum atomic E-state index is -0.506. The van der Waals surface area contributed by atoms with Gasteiger partial charge in [0.15, 0.2) is 0 Å². The molecule has 0 unspecified atom stereocenters. The second-order valence-corrected chi connectivity index (χ2v) is 3.57. The second-order valence-electron chi connectivity index (χ2n) is 3.57. The van der Waals surface area contributed by atoms with Gasteiger partial charge in [-0.15, -0.1) is 0 Å². The van der Waals surface area contributed by atoms with Crippen molar-refractivity contribution in [1.82, 2.24) is 4.98 Å². The number of hydrogen-bond donors (Lipinski definition) is 1. The van der Waals surface area contributed by atoms with E-state index >= 15 is 0 Å². The van der Waals surface area contributed by atoms with Gasteiger partial charge in [-0.1, -0.05) is 12.1 Å². The summed E-state index contributed by atoms with van der Waals surface area (Å²) in [5, 5.41) is 0.504. The van der Waals surface area contributed by atoms with E-state index in [1.54, 1.807) is 12.1 Å². The van der Waals surface area contributed by atoms with Crippen molar-refractivity contribution < 1.29 is 18.7 Å². The molecular formula is C12H12FNO3. The lowest BCUT2D eigenvalue weighted by Gasteiger charge is -2.01. The fourth-order valence-corrected chi connectivity index (χ4v) is 1.82.